The molecule has 0 radical (unpaired) electrons. The van der Waals surface area contributed by atoms with Gasteiger partial charge in [0.1, 0.15) is 0 Å². The minimum Gasteiger partial charge on any atom is -0.311 e. The first-order valence-corrected chi connectivity index (χ1v) is 7.19. The molecule has 0 aromatic carbocycles. The number of terminal acetylenes is 1. The van der Waals surface area contributed by atoms with Gasteiger partial charge in [-0.2, -0.15) is 0 Å². The third kappa shape index (κ3) is 1.45. The van der Waals surface area contributed by atoms with E-state index in [-0.39, 0.29) is 0 Å². The summed E-state index contributed by atoms with van der Waals surface area (Å²) in [5, 5.41) is 0. The van der Waals surface area contributed by atoms with Crippen LogP contribution in [0.15, 0.2) is 11.1 Å². The van der Waals surface area contributed by atoms with E-state index in [1.54, 1.807) is 0 Å². The first kappa shape index (κ1) is 8.34. The van der Waals surface area contributed by atoms with E-state index in [4.69, 9.17) is 28.8 Å². The topological polar surface area (TPSA) is 3.24 Å². The molecule has 54 valence electrons. The van der Waals surface area contributed by atoms with Crippen LogP contribution in [0.5, 0.6) is 0 Å². The van der Waals surface area contributed by atoms with Crippen molar-refractivity contribution < 1.29 is 0 Å². The molecule has 0 unspecified atom stereocenters. The summed E-state index contributed by atoms with van der Waals surface area (Å²) in [7, 11) is 3.31. The van der Waals surface area contributed by atoms with E-state index in [9.17, 15) is 0 Å². The highest BCUT2D eigenvalue weighted by Crippen LogP contribution is 2.33. The zero-order valence-corrected chi connectivity index (χ0v) is 8.50. The summed E-state index contributed by atoms with van der Waals surface area (Å²) in [5.74, 6) is 2.52. The molecule has 0 atom stereocenters. The van der Waals surface area contributed by atoms with E-state index < -0.39 is 6.36 Å². The predicted octanol–water partition coefficient (Wildman–Crippen LogP) is 1.05. The van der Waals surface area contributed by atoms with Crippen LogP contribution in [0, 0.1) is 12.3 Å². The lowest BCUT2D eigenvalue weighted by Crippen LogP contribution is -2.09. The number of rotatable bonds is 0. The van der Waals surface area contributed by atoms with Crippen molar-refractivity contribution in [3.05, 3.63) is 11.1 Å². The Hall–Kier alpha value is 0.240. The summed E-state index contributed by atoms with van der Waals surface area (Å²) in [6.07, 6.45) is 5.50. The molecule has 0 saturated carbocycles. The third-order valence-electron chi connectivity index (χ3n) is 0.989. The first-order valence-electron chi connectivity index (χ1n) is 2.42. The van der Waals surface area contributed by atoms with Gasteiger partial charge in [0.25, 0.3) is 0 Å². The van der Waals surface area contributed by atoms with Gasteiger partial charge in [-0.25, -0.2) is 0 Å². The fraction of sp³-hybridized carbons (Fsp3) is 0.200. The van der Waals surface area contributed by atoms with Crippen LogP contribution in [-0.4, -0.2) is 11.4 Å². The first-order chi connectivity index (χ1) is 4.56. The highest BCUT2D eigenvalue weighted by Gasteiger charge is 2.17. The number of hydrogen-bond donors (Lipinski definition) is 0. The molecule has 0 aliphatic carbocycles. The second kappa shape index (κ2) is 2.70. The SMILES string of the molecule is C#CC1=CN(C)S(=S)(=S)S1. The molecule has 0 aromatic heterocycles. The molecular formula is C5H5NS4. The molecule has 1 aliphatic rings. The van der Waals surface area contributed by atoms with Gasteiger partial charge >= 0.3 is 0 Å². The second-order valence-corrected chi connectivity index (χ2v) is 10.5. The van der Waals surface area contributed by atoms with E-state index in [0.29, 0.717) is 0 Å². The molecule has 0 N–H and O–H groups in total. The standard InChI is InChI=1S/C5H5NS4/c1-3-5-4-6(2)10(7,8)9-5/h1,4H,2H3. The fourth-order valence-corrected chi connectivity index (χ4v) is 4.39. The van der Waals surface area contributed by atoms with Crippen LogP contribution >= 0.6 is 10.8 Å². The van der Waals surface area contributed by atoms with Crippen molar-refractivity contribution in [2.75, 3.05) is 7.05 Å². The number of hydrogen-bond acceptors (Lipinski definition) is 3. The smallest absolute Gasteiger partial charge is 0.0868 e. The van der Waals surface area contributed by atoms with Gasteiger partial charge in [-0.15, -0.1) is 6.42 Å². The van der Waals surface area contributed by atoms with Crippen molar-refractivity contribution in [1.82, 2.24) is 4.31 Å². The van der Waals surface area contributed by atoms with Crippen molar-refractivity contribution in [2.24, 2.45) is 0 Å². The van der Waals surface area contributed by atoms with Gasteiger partial charge in [0, 0.05) is 19.6 Å². The predicted molar refractivity (Wildman–Crippen MR) is 54.4 cm³/mol. The van der Waals surface area contributed by atoms with Gasteiger partial charge in [-0.05, 0) is 33.2 Å². The van der Waals surface area contributed by atoms with Gasteiger partial charge < -0.3 is 4.31 Å². The largest absolute Gasteiger partial charge is 0.311 e. The van der Waals surface area contributed by atoms with Gasteiger partial charge in [-0.3, -0.25) is 0 Å². The minimum atomic E-state index is -1.50. The summed E-state index contributed by atoms with van der Waals surface area (Å²) >= 11 is 10.2. The Labute approximate surface area is 74.2 Å². The van der Waals surface area contributed by atoms with Gasteiger partial charge in [0.2, 0.25) is 0 Å². The van der Waals surface area contributed by atoms with Crippen LogP contribution in [0.3, 0.4) is 0 Å². The Morgan fingerprint density at radius 1 is 1.80 bits per heavy atom. The van der Waals surface area contributed by atoms with Gasteiger partial charge in [0.05, 0.1) is 4.91 Å². The van der Waals surface area contributed by atoms with Crippen molar-refractivity contribution >= 4 is 39.5 Å². The van der Waals surface area contributed by atoms with E-state index in [1.165, 1.54) is 10.8 Å². The van der Waals surface area contributed by atoms with E-state index in [2.05, 4.69) is 5.92 Å². The quantitative estimate of drug-likeness (QED) is 0.431. The number of nitrogens with zero attached hydrogens (tertiary/aromatic N) is 1. The van der Waals surface area contributed by atoms with E-state index >= 15 is 0 Å². The summed E-state index contributed by atoms with van der Waals surface area (Å²) in [6, 6.07) is 0. The van der Waals surface area contributed by atoms with Crippen molar-refractivity contribution in [2.45, 2.75) is 0 Å². The fourth-order valence-electron chi connectivity index (χ4n) is 0.485. The van der Waals surface area contributed by atoms with E-state index in [1.807, 2.05) is 17.6 Å². The summed E-state index contributed by atoms with van der Waals surface area (Å²) in [4.78, 5) is 0.850. The third-order valence-corrected chi connectivity index (χ3v) is 6.92. The lowest BCUT2D eigenvalue weighted by Gasteiger charge is -2.10. The maximum atomic E-state index is 5.17. The molecule has 10 heavy (non-hydrogen) atoms. The van der Waals surface area contributed by atoms with Crippen LogP contribution in [0.2, 0.25) is 0 Å². The van der Waals surface area contributed by atoms with Crippen LogP contribution in [0.25, 0.3) is 0 Å². The zero-order chi connectivity index (χ0) is 7.78. The van der Waals surface area contributed by atoms with Crippen LogP contribution < -0.4 is 0 Å². The second-order valence-electron chi connectivity index (χ2n) is 1.69. The Morgan fingerprint density at radius 3 is 2.60 bits per heavy atom. The van der Waals surface area contributed by atoms with Gasteiger partial charge in [-0.1, -0.05) is 5.92 Å². The molecule has 0 fully saturated rings. The van der Waals surface area contributed by atoms with Crippen molar-refractivity contribution in [3.8, 4) is 12.3 Å². The van der Waals surface area contributed by atoms with E-state index in [0.717, 1.165) is 4.91 Å². The minimum absolute atomic E-state index is 0.850. The molecular weight excluding hydrogens is 202 g/mol. The monoisotopic (exact) mass is 207 g/mol. The average molecular weight is 207 g/mol. The summed E-state index contributed by atoms with van der Waals surface area (Å²) < 4.78 is 1.84. The van der Waals surface area contributed by atoms with Crippen LogP contribution in [0.4, 0.5) is 0 Å². The Morgan fingerprint density at radius 2 is 2.40 bits per heavy atom. The molecule has 1 rings (SSSR count). The molecule has 1 nitrogen and oxygen atoms in total. The lowest BCUT2D eigenvalue weighted by atomic mass is 10.6. The summed E-state index contributed by atoms with van der Waals surface area (Å²) in [5.41, 5.74) is 0. The molecule has 0 spiro atoms. The maximum Gasteiger partial charge on any atom is 0.0868 e. The van der Waals surface area contributed by atoms with Gasteiger partial charge in [0.15, 0.2) is 0 Å². The average Bonchev–Trinajstić information content (AvgIpc) is 2.08. The molecule has 0 saturated heterocycles. The molecule has 0 aromatic rings. The maximum absolute atomic E-state index is 5.17. The van der Waals surface area contributed by atoms with Crippen molar-refractivity contribution in [1.29, 1.82) is 0 Å². The number of allylic oxidation sites excluding steroid dienone is 1. The molecule has 1 heterocycles. The highest BCUT2D eigenvalue weighted by atomic mass is 33.5. The normalized spacial score (nSPS) is 22.0. The lowest BCUT2D eigenvalue weighted by molar-refractivity contribution is 0.781. The van der Waals surface area contributed by atoms with Crippen LogP contribution in [-0.2, 0) is 28.7 Å². The van der Waals surface area contributed by atoms with Crippen LogP contribution in [0.1, 0.15) is 0 Å². The van der Waals surface area contributed by atoms with Crippen molar-refractivity contribution in [3.63, 3.8) is 0 Å². The molecule has 0 bridgehead atoms. The summed E-state index contributed by atoms with van der Waals surface area (Å²) in [6.45, 7) is 0. The Kier molecular flexibility index (Phi) is 2.25. The Balaban J connectivity index is 3.00. The zero-order valence-electron chi connectivity index (χ0n) is 5.23. The Bertz CT molecular complexity index is 305. The molecule has 1 aliphatic heterocycles. The highest BCUT2D eigenvalue weighted by molar-refractivity contribution is 8.98. The molecule has 0 amide bonds. The molecule has 5 heteroatoms.